The molecule has 0 atom stereocenters. The smallest absolute Gasteiger partial charge is 0.193 e. The molecule has 0 heterocycles. The van der Waals surface area contributed by atoms with Crippen molar-refractivity contribution < 1.29 is 23.0 Å². The lowest BCUT2D eigenvalue weighted by Gasteiger charge is -2.06. The fraction of sp³-hybridized carbons (Fsp3) is 0.235. The van der Waals surface area contributed by atoms with E-state index in [1.54, 1.807) is 48.5 Å². The summed E-state index contributed by atoms with van der Waals surface area (Å²) in [6.45, 7) is -1.13. The van der Waals surface area contributed by atoms with Gasteiger partial charge in [-0.1, -0.05) is 0 Å². The fourth-order valence-electron chi connectivity index (χ4n) is 1.88. The second-order valence-corrected chi connectivity index (χ2v) is 4.45. The molecule has 0 N–H and O–H groups in total. The van der Waals surface area contributed by atoms with E-state index in [-0.39, 0.29) is 19.0 Å². The summed E-state index contributed by atoms with van der Waals surface area (Å²) in [5.41, 5.74) is 1.01. The zero-order valence-electron chi connectivity index (χ0n) is 11.9. The molecule has 0 aliphatic carbocycles. The van der Waals surface area contributed by atoms with Crippen LogP contribution in [-0.4, -0.2) is 32.3 Å². The van der Waals surface area contributed by atoms with Crippen molar-refractivity contribution in [3.8, 4) is 11.5 Å². The zero-order chi connectivity index (χ0) is 15.8. The van der Waals surface area contributed by atoms with Crippen molar-refractivity contribution in [3.05, 3.63) is 59.7 Å². The Bertz CT molecular complexity index is 541. The lowest BCUT2D eigenvalue weighted by Crippen LogP contribution is -2.03. The van der Waals surface area contributed by atoms with Crippen molar-refractivity contribution in [3.63, 3.8) is 0 Å². The topological polar surface area (TPSA) is 35.5 Å². The quantitative estimate of drug-likeness (QED) is 0.699. The van der Waals surface area contributed by atoms with E-state index >= 15 is 0 Å². The van der Waals surface area contributed by atoms with Gasteiger partial charge in [-0.25, -0.2) is 8.78 Å². The van der Waals surface area contributed by atoms with Crippen molar-refractivity contribution in [2.24, 2.45) is 0 Å². The minimum atomic E-state index is -0.558. The summed E-state index contributed by atoms with van der Waals surface area (Å²) >= 11 is 0. The number of hydrogen-bond acceptors (Lipinski definition) is 3. The first kappa shape index (κ1) is 15.9. The van der Waals surface area contributed by atoms with Gasteiger partial charge >= 0.3 is 0 Å². The van der Waals surface area contributed by atoms with Gasteiger partial charge < -0.3 is 9.47 Å². The Balaban J connectivity index is 2.04. The van der Waals surface area contributed by atoms with Gasteiger partial charge in [0.25, 0.3) is 0 Å². The minimum Gasteiger partial charge on any atom is -0.491 e. The second kappa shape index (κ2) is 8.12. The van der Waals surface area contributed by atoms with Gasteiger partial charge in [0, 0.05) is 11.1 Å². The van der Waals surface area contributed by atoms with E-state index in [0.29, 0.717) is 22.6 Å². The van der Waals surface area contributed by atoms with Crippen LogP contribution in [0.3, 0.4) is 0 Å². The third kappa shape index (κ3) is 4.28. The van der Waals surface area contributed by atoms with Crippen molar-refractivity contribution in [2.45, 2.75) is 0 Å². The normalized spacial score (nSPS) is 10.3. The molecule has 0 aliphatic rings. The minimum absolute atomic E-state index is 0.00631. The molecule has 0 unspecified atom stereocenters. The summed E-state index contributed by atoms with van der Waals surface area (Å²) in [6.07, 6.45) is 0. The molecule has 0 aliphatic heterocycles. The van der Waals surface area contributed by atoms with Crippen LogP contribution in [0.25, 0.3) is 0 Å². The van der Waals surface area contributed by atoms with Gasteiger partial charge in [0.15, 0.2) is 5.78 Å². The van der Waals surface area contributed by atoms with Gasteiger partial charge in [0.1, 0.15) is 38.1 Å². The highest BCUT2D eigenvalue weighted by atomic mass is 19.1. The third-order valence-electron chi connectivity index (χ3n) is 2.92. The van der Waals surface area contributed by atoms with Gasteiger partial charge in [-0.3, -0.25) is 4.79 Å². The summed E-state index contributed by atoms with van der Waals surface area (Å²) in [4.78, 5) is 12.3. The van der Waals surface area contributed by atoms with E-state index in [9.17, 15) is 13.6 Å². The predicted molar refractivity (Wildman–Crippen MR) is 79.3 cm³/mol. The Morgan fingerprint density at radius 3 is 1.41 bits per heavy atom. The summed E-state index contributed by atoms with van der Waals surface area (Å²) in [5.74, 6) is 0.891. The van der Waals surface area contributed by atoms with Crippen LogP contribution in [-0.2, 0) is 0 Å². The first-order valence-electron chi connectivity index (χ1n) is 6.87. The van der Waals surface area contributed by atoms with Crippen LogP contribution >= 0.6 is 0 Å². The van der Waals surface area contributed by atoms with Crippen LogP contribution in [0, 0.1) is 0 Å². The molecule has 0 fully saturated rings. The zero-order valence-corrected chi connectivity index (χ0v) is 11.9. The van der Waals surface area contributed by atoms with E-state index < -0.39 is 13.3 Å². The number of alkyl halides is 2. The molecule has 2 aromatic rings. The van der Waals surface area contributed by atoms with Crippen molar-refractivity contribution >= 4 is 5.78 Å². The van der Waals surface area contributed by atoms with E-state index in [1.807, 2.05) is 0 Å². The highest BCUT2D eigenvalue weighted by Crippen LogP contribution is 2.18. The second-order valence-electron chi connectivity index (χ2n) is 4.45. The Morgan fingerprint density at radius 1 is 0.727 bits per heavy atom. The highest BCUT2D eigenvalue weighted by Gasteiger charge is 2.09. The highest BCUT2D eigenvalue weighted by molar-refractivity contribution is 6.09. The van der Waals surface area contributed by atoms with E-state index in [1.165, 1.54) is 0 Å². The van der Waals surface area contributed by atoms with Crippen LogP contribution in [0.2, 0.25) is 0 Å². The van der Waals surface area contributed by atoms with Crippen LogP contribution in [0.1, 0.15) is 15.9 Å². The number of ketones is 1. The SMILES string of the molecule is O=C(c1ccc(OCCF)cc1)c1ccc(OCCF)cc1. The molecule has 0 saturated carbocycles. The summed E-state index contributed by atoms with van der Waals surface area (Å²) < 4.78 is 34.2. The first-order chi connectivity index (χ1) is 10.7. The van der Waals surface area contributed by atoms with E-state index in [4.69, 9.17) is 9.47 Å². The van der Waals surface area contributed by atoms with Crippen LogP contribution in [0.4, 0.5) is 8.78 Å². The molecular formula is C17H16F2O3. The number of carbonyl (C=O) groups is 1. The molecule has 0 radical (unpaired) electrons. The van der Waals surface area contributed by atoms with Crippen molar-refractivity contribution in [2.75, 3.05) is 26.6 Å². The molecule has 116 valence electrons. The average Bonchev–Trinajstić information content (AvgIpc) is 2.58. The largest absolute Gasteiger partial charge is 0.491 e. The maximum Gasteiger partial charge on any atom is 0.193 e. The van der Waals surface area contributed by atoms with Crippen LogP contribution < -0.4 is 9.47 Å². The Labute approximate surface area is 127 Å². The van der Waals surface area contributed by atoms with Gasteiger partial charge in [0.2, 0.25) is 0 Å². The van der Waals surface area contributed by atoms with Crippen molar-refractivity contribution in [1.29, 1.82) is 0 Å². The van der Waals surface area contributed by atoms with E-state index in [0.717, 1.165) is 0 Å². The van der Waals surface area contributed by atoms with Crippen molar-refractivity contribution in [1.82, 2.24) is 0 Å². The molecule has 0 bridgehead atoms. The lowest BCUT2D eigenvalue weighted by atomic mass is 10.0. The lowest BCUT2D eigenvalue weighted by molar-refractivity contribution is 0.103. The van der Waals surface area contributed by atoms with Gasteiger partial charge in [0.05, 0.1) is 0 Å². The Kier molecular flexibility index (Phi) is 5.89. The number of hydrogen-bond donors (Lipinski definition) is 0. The third-order valence-corrected chi connectivity index (χ3v) is 2.92. The van der Waals surface area contributed by atoms with E-state index in [2.05, 4.69) is 0 Å². The fourth-order valence-corrected chi connectivity index (χ4v) is 1.88. The standard InChI is InChI=1S/C17H16F2O3/c18-9-11-21-15-5-1-13(2-6-15)17(20)14-3-7-16(8-4-14)22-12-10-19/h1-8H,9-12H2. The Hall–Kier alpha value is -2.43. The summed E-state index contributed by atoms with van der Waals surface area (Å²) in [6, 6.07) is 13.0. The van der Waals surface area contributed by atoms with Gasteiger partial charge in [-0.15, -0.1) is 0 Å². The molecule has 0 saturated heterocycles. The molecule has 2 rings (SSSR count). The Morgan fingerprint density at radius 2 is 1.09 bits per heavy atom. The number of ether oxygens (including phenoxy) is 2. The maximum absolute atomic E-state index is 12.3. The first-order valence-corrected chi connectivity index (χ1v) is 6.87. The molecule has 2 aromatic carbocycles. The molecular weight excluding hydrogens is 290 g/mol. The predicted octanol–water partition coefficient (Wildman–Crippen LogP) is 3.61. The molecule has 22 heavy (non-hydrogen) atoms. The van der Waals surface area contributed by atoms with Gasteiger partial charge in [-0.2, -0.15) is 0 Å². The maximum atomic E-state index is 12.3. The molecule has 0 aromatic heterocycles. The van der Waals surface area contributed by atoms with Crippen LogP contribution in [0.5, 0.6) is 11.5 Å². The number of benzene rings is 2. The monoisotopic (exact) mass is 306 g/mol. The molecule has 3 nitrogen and oxygen atoms in total. The molecule has 0 spiro atoms. The van der Waals surface area contributed by atoms with Crippen LogP contribution in [0.15, 0.2) is 48.5 Å². The molecule has 5 heteroatoms. The van der Waals surface area contributed by atoms with Gasteiger partial charge in [-0.05, 0) is 48.5 Å². The number of carbonyl (C=O) groups excluding carboxylic acids is 1. The number of halogens is 2. The average molecular weight is 306 g/mol. The summed E-state index contributed by atoms with van der Waals surface area (Å²) in [5, 5.41) is 0. The number of rotatable bonds is 8. The summed E-state index contributed by atoms with van der Waals surface area (Å²) in [7, 11) is 0. The molecule has 0 amide bonds.